The van der Waals surface area contributed by atoms with Crippen LogP contribution in [0.5, 0.6) is 0 Å². The predicted molar refractivity (Wildman–Crippen MR) is 111 cm³/mol. The van der Waals surface area contributed by atoms with E-state index in [4.69, 9.17) is 0 Å². The van der Waals surface area contributed by atoms with Crippen LogP contribution >= 0.6 is 24.0 Å². The average Bonchev–Trinajstić information content (AvgIpc) is 3.00. The third-order valence-electron chi connectivity index (χ3n) is 3.98. The molecule has 0 aliphatic carbocycles. The van der Waals surface area contributed by atoms with Crippen LogP contribution in [0.4, 0.5) is 5.69 Å². The van der Waals surface area contributed by atoms with E-state index in [9.17, 15) is 4.79 Å². The highest BCUT2D eigenvalue weighted by atomic mass is 127. The minimum Gasteiger partial charge on any atom is -0.357 e. The van der Waals surface area contributed by atoms with Crippen molar-refractivity contribution in [2.24, 2.45) is 4.99 Å². The van der Waals surface area contributed by atoms with Crippen molar-refractivity contribution in [1.82, 2.24) is 10.6 Å². The van der Waals surface area contributed by atoms with Gasteiger partial charge in [-0.2, -0.15) is 0 Å². The lowest BCUT2D eigenvalue weighted by Crippen LogP contribution is -2.39. The molecule has 0 spiro atoms. The number of halogens is 1. The normalized spacial score (nSPS) is 13.2. The molecule has 1 amide bonds. The highest BCUT2D eigenvalue weighted by molar-refractivity contribution is 14.0. The Labute approximate surface area is 162 Å². The Kier molecular flexibility index (Phi) is 9.75. The summed E-state index contributed by atoms with van der Waals surface area (Å²) in [5, 5.41) is 6.48. The SMILES string of the molecule is CCCCCNC(=NCC(=O)N1CCc2ccccc21)NCC.I. The number of para-hydroxylation sites is 1. The molecule has 134 valence electrons. The average molecular weight is 444 g/mol. The Balaban J connectivity index is 0.00000288. The Bertz CT molecular complexity index is 548. The molecule has 0 saturated heterocycles. The molecule has 0 aromatic heterocycles. The fourth-order valence-corrected chi connectivity index (χ4v) is 2.75. The second-order valence-corrected chi connectivity index (χ2v) is 5.75. The maximum absolute atomic E-state index is 12.5. The number of nitrogens with one attached hydrogen (secondary N) is 2. The molecule has 0 saturated carbocycles. The maximum atomic E-state index is 12.5. The summed E-state index contributed by atoms with van der Waals surface area (Å²) in [6, 6.07) is 8.10. The predicted octanol–water partition coefficient (Wildman–Crippen LogP) is 2.94. The molecule has 1 aromatic rings. The third kappa shape index (κ3) is 5.96. The van der Waals surface area contributed by atoms with Crippen LogP contribution in [0.1, 0.15) is 38.7 Å². The molecule has 0 unspecified atom stereocenters. The van der Waals surface area contributed by atoms with E-state index in [0.29, 0.717) is 0 Å². The second-order valence-electron chi connectivity index (χ2n) is 5.75. The maximum Gasteiger partial charge on any atom is 0.248 e. The van der Waals surface area contributed by atoms with Crippen LogP contribution < -0.4 is 15.5 Å². The van der Waals surface area contributed by atoms with Gasteiger partial charge in [-0.15, -0.1) is 24.0 Å². The van der Waals surface area contributed by atoms with Crippen LogP contribution in [0, 0.1) is 0 Å². The van der Waals surface area contributed by atoms with Crippen LogP contribution in [0.15, 0.2) is 29.3 Å². The molecule has 1 heterocycles. The van der Waals surface area contributed by atoms with E-state index in [-0.39, 0.29) is 36.4 Å². The number of aliphatic imine (C=N–C) groups is 1. The van der Waals surface area contributed by atoms with Gasteiger partial charge in [0, 0.05) is 25.3 Å². The number of carbonyl (C=O) groups is 1. The van der Waals surface area contributed by atoms with Gasteiger partial charge >= 0.3 is 0 Å². The van der Waals surface area contributed by atoms with E-state index in [1.165, 1.54) is 18.4 Å². The van der Waals surface area contributed by atoms with Gasteiger partial charge in [0.05, 0.1) is 0 Å². The second kappa shape index (κ2) is 11.3. The summed E-state index contributed by atoms with van der Waals surface area (Å²) in [5.41, 5.74) is 2.28. The highest BCUT2D eigenvalue weighted by Gasteiger charge is 2.23. The fourth-order valence-electron chi connectivity index (χ4n) is 2.75. The number of benzene rings is 1. The van der Waals surface area contributed by atoms with Crippen molar-refractivity contribution in [3.8, 4) is 0 Å². The summed E-state index contributed by atoms with van der Waals surface area (Å²) >= 11 is 0. The molecule has 0 atom stereocenters. The molecule has 6 heteroatoms. The molecule has 0 bridgehead atoms. The molecule has 5 nitrogen and oxygen atoms in total. The summed E-state index contributed by atoms with van der Waals surface area (Å²) in [7, 11) is 0. The minimum absolute atomic E-state index is 0. The molecule has 24 heavy (non-hydrogen) atoms. The number of unbranched alkanes of at least 4 members (excludes halogenated alkanes) is 2. The standard InChI is InChI=1S/C18H28N4O.HI/c1-3-5-8-12-20-18(19-4-2)21-14-17(23)22-13-11-15-9-6-7-10-16(15)22;/h6-7,9-10H,3-5,8,11-14H2,1-2H3,(H2,19,20,21);1H. The molecule has 0 fully saturated rings. The first-order valence-electron chi connectivity index (χ1n) is 8.66. The Morgan fingerprint density at radius 2 is 2.00 bits per heavy atom. The summed E-state index contributed by atoms with van der Waals surface area (Å²) in [5.74, 6) is 0.783. The van der Waals surface area contributed by atoms with Crippen molar-refractivity contribution in [2.45, 2.75) is 39.5 Å². The number of rotatable bonds is 7. The molecule has 1 aromatic carbocycles. The monoisotopic (exact) mass is 444 g/mol. The first-order chi connectivity index (χ1) is 11.3. The van der Waals surface area contributed by atoms with Crippen LogP contribution in [0.2, 0.25) is 0 Å². The molecule has 2 N–H and O–H groups in total. The first kappa shape index (κ1) is 20.7. The number of anilines is 1. The van der Waals surface area contributed by atoms with Crippen molar-refractivity contribution in [1.29, 1.82) is 0 Å². The van der Waals surface area contributed by atoms with Gasteiger partial charge in [0.15, 0.2) is 5.96 Å². The van der Waals surface area contributed by atoms with E-state index >= 15 is 0 Å². The number of hydrogen-bond acceptors (Lipinski definition) is 2. The number of carbonyl (C=O) groups excluding carboxylic acids is 1. The number of guanidine groups is 1. The van der Waals surface area contributed by atoms with Crippen molar-refractivity contribution in [3.05, 3.63) is 29.8 Å². The van der Waals surface area contributed by atoms with Crippen LogP contribution in [-0.2, 0) is 11.2 Å². The lowest BCUT2D eigenvalue weighted by atomic mass is 10.2. The van der Waals surface area contributed by atoms with Gasteiger partial charge in [-0.3, -0.25) is 4.79 Å². The number of hydrogen-bond donors (Lipinski definition) is 2. The number of amides is 1. The lowest BCUT2D eigenvalue weighted by molar-refractivity contribution is -0.117. The Morgan fingerprint density at radius 1 is 1.21 bits per heavy atom. The summed E-state index contributed by atoms with van der Waals surface area (Å²) in [4.78, 5) is 18.7. The van der Waals surface area contributed by atoms with Gasteiger partial charge in [0.25, 0.3) is 0 Å². The van der Waals surface area contributed by atoms with Gasteiger partial charge in [-0.1, -0.05) is 38.0 Å². The van der Waals surface area contributed by atoms with Gasteiger partial charge in [0.1, 0.15) is 6.54 Å². The van der Waals surface area contributed by atoms with Crippen molar-refractivity contribution < 1.29 is 4.79 Å². The van der Waals surface area contributed by atoms with E-state index in [0.717, 1.165) is 44.1 Å². The topological polar surface area (TPSA) is 56.7 Å². The molecule has 0 radical (unpaired) electrons. The molecular formula is C18H29IN4O. The minimum atomic E-state index is 0. The van der Waals surface area contributed by atoms with Crippen LogP contribution in [0.3, 0.4) is 0 Å². The third-order valence-corrected chi connectivity index (χ3v) is 3.98. The molecule has 1 aliphatic heterocycles. The first-order valence-corrected chi connectivity index (χ1v) is 8.66. The Hall–Kier alpha value is -1.31. The van der Waals surface area contributed by atoms with Crippen molar-refractivity contribution >= 4 is 41.5 Å². The largest absolute Gasteiger partial charge is 0.357 e. The van der Waals surface area contributed by atoms with Crippen LogP contribution in [-0.4, -0.2) is 38.0 Å². The van der Waals surface area contributed by atoms with E-state index in [2.05, 4.69) is 28.6 Å². The molecule has 1 aliphatic rings. The van der Waals surface area contributed by atoms with Crippen molar-refractivity contribution in [2.75, 3.05) is 31.1 Å². The molecule has 2 rings (SSSR count). The zero-order valence-electron chi connectivity index (χ0n) is 14.7. The van der Waals surface area contributed by atoms with Crippen LogP contribution in [0.25, 0.3) is 0 Å². The van der Waals surface area contributed by atoms with Gasteiger partial charge in [0.2, 0.25) is 5.91 Å². The van der Waals surface area contributed by atoms with E-state index in [1.54, 1.807) is 0 Å². The molecular weight excluding hydrogens is 415 g/mol. The summed E-state index contributed by atoms with van der Waals surface area (Å²) < 4.78 is 0. The smallest absolute Gasteiger partial charge is 0.248 e. The van der Waals surface area contributed by atoms with Gasteiger partial charge < -0.3 is 15.5 Å². The summed E-state index contributed by atoms with van der Waals surface area (Å²) in [6.45, 7) is 6.83. The zero-order valence-corrected chi connectivity index (χ0v) is 17.0. The van der Waals surface area contributed by atoms with E-state index in [1.807, 2.05) is 30.0 Å². The number of fused-ring (bicyclic) bond motifs is 1. The zero-order chi connectivity index (χ0) is 16.5. The fraction of sp³-hybridized carbons (Fsp3) is 0.556. The quantitative estimate of drug-likeness (QED) is 0.294. The van der Waals surface area contributed by atoms with E-state index < -0.39 is 0 Å². The lowest BCUT2D eigenvalue weighted by Gasteiger charge is -2.17. The van der Waals surface area contributed by atoms with Crippen molar-refractivity contribution in [3.63, 3.8) is 0 Å². The summed E-state index contributed by atoms with van der Waals surface area (Å²) in [6.07, 6.45) is 4.45. The Morgan fingerprint density at radius 3 is 2.75 bits per heavy atom. The number of nitrogens with zero attached hydrogens (tertiary/aromatic N) is 2. The van der Waals surface area contributed by atoms with Gasteiger partial charge in [-0.25, -0.2) is 4.99 Å². The highest BCUT2D eigenvalue weighted by Crippen LogP contribution is 2.27. The van der Waals surface area contributed by atoms with Gasteiger partial charge in [-0.05, 0) is 31.4 Å².